The van der Waals surface area contributed by atoms with E-state index in [1.54, 1.807) is 30.3 Å². The molecule has 0 saturated carbocycles. The molecule has 1 aliphatic rings. The second-order valence-corrected chi connectivity index (χ2v) is 6.86. The van der Waals surface area contributed by atoms with Crippen LogP contribution in [0.5, 0.6) is 0 Å². The van der Waals surface area contributed by atoms with Crippen LogP contribution in [-0.4, -0.2) is 32.2 Å². The average Bonchev–Trinajstić information content (AvgIpc) is 2.68. The van der Waals surface area contributed by atoms with Gasteiger partial charge in [0.1, 0.15) is 5.82 Å². The molecule has 0 bridgehead atoms. The van der Waals surface area contributed by atoms with E-state index in [4.69, 9.17) is 16.3 Å². The predicted molar refractivity (Wildman–Crippen MR) is 106 cm³/mol. The number of benzene rings is 2. The molecule has 4 nitrogen and oxygen atoms in total. The van der Waals surface area contributed by atoms with E-state index in [1.165, 1.54) is 12.1 Å². The minimum absolute atomic E-state index is 0.213. The van der Waals surface area contributed by atoms with Crippen LogP contribution in [0.2, 0.25) is 5.02 Å². The lowest BCUT2D eigenvalue weighted by molar-refractivity contribution is -0.117. The first-order chi connectivity index (χ1) is 13.0. The summed E-state index contributed by atoms with van der Waals surface area (Å²) >= 11 is 5.85. The van der Waals surface area contributed by atoms with E-state index in [2.05, 4.69) is 5.32 Å². The standard InChI is InChI=1S/C21H22ClFN2O2/c1-15(24-21(26)9-4-16-2-6-18(22)7-3-16)17-5-8-19(23)20(14-17)25-10-12-27-13-11-25/h2-9,14-15H,10-13H2,1H3,(H,24,26)/b9-4+. The van der Waals surface area contributed by atoms with Gasteiger partial charge in [-0.05, 0) is 48.4 Å². The highest BCUT2D eigenvalue weighted by atomic mass is 35.5. The fraction of sp³-hybridized carbons (Fsp3) is 0.286. The number of morpholine rings is 1. The Hall–Kier alpha value is -2.37. The highest BCUT2D eigenvalue weighted by Gasteiger charge is 2.17. The Bertz CT molecular complexity index is 817. The molecule has 1 amide bonds. The van der Waals surface area contributed by atoms with Gasteiger partial charge in [-0.25, -0.2) is 4.39 Å². The third-order valence-electron chi connectivity index (χ3n) is 4.48. The highest BCUT2D eigenvalue weighted by Crippen LogP contribution is 2.25. The zero-order chi connectivity index (χ0) is 19.2. The number of carbonyl (C=O) groups excluding carboxylic acids is 1. The van der Waals surface area contributed by atoms with Gasteiger partial charge in [-0.15, -0.1) is 0 Å². The lowest BCUT2D eigenvalue weighted by atomic mass is 10.1. The molecule has 1 heterocycles. The van der Waals surface area contributed by atoms with Gasteiger partial charge >= 0.3 is 0 Å². The maximum Gasteiger partial charge on any atom is 0.244 e. The smallest absolute Gasteiger partial charge is 0.244 e. The minimum atomic E-state index is -0.262. The van der Waals surface area contributed by atoms with Crippen molar-refractivity contribution in [2.24, 2.45) is 0 Å². The number of rotatable bonds is 5. The SMILES string of the molecule is CC(NC(=O)/C=C/c1ccc(Cl)cc1)c1ccc(F)c(N2CCOCC2)c1. The minimum Gasteiger partial charge on any atom is -0.378 e. The van der Waals surface area contributed by atoms with Crippen LogP contribution in [-0.2, 0) is 9.53 Å². The van der Waals surface area contributed by atoms with E-state index in [0.29, 0.717) is 37.0 Å². The number of anilines is 1. The van der Waals surface area contributed by atoms with Crippen LogP contribution < -0.4 is 10.2 Å². The van der Waals surface area contributed by atoms with Gasteiger partial charge in [0.25, 0.3) is 0 Å². The molecule has 1 unspecified atom stereocenters. The maximum atomic E-state index is 14.2. The zero-order valence-electron chi connectivity index (χ0n) is 15.1. The fourth-order valence-corrected chi connectivity index (χ4v) is 3.06. The Labute approximate surface area is 163 Å². The molecular formula is C21H22ClFN2O2. The molecule has 2 aromatic carbocycles. The number of nitrogens with zero attached hydrogens (tertiary/aromatic N) is 1. The molecular weight excluding hydrogens is 367 g/mol. The third-order valence-corrected chi connectivity index (χ3v) is 4.73. The quantitative estimate of drug-likeness (QED) is 0.780. The average molecular weight is 389 g/mol. The van der Waals surface area contributed by atoms with Gasteiger partial charge in [-0.3, -0.25) is 4.79 Å². The second kappa shape index (κ2) is 9.02. The first-order valence-corrected chi connectivity index (χ1v) is 9.27. The van der Waals surface area contributed by atoms with Gasteiger partial charge in [0.05, 0.1) is 24.9 Å². The molecule has 2 aromatic rings. The zero-order valence-corrected chi connectivity index (χ0v) is 15.9. The van der Waals surface area contributed by atoms with E-state index in [1.807, 2.05) is 24.0 Å². The molecule has 0 radical (unpaired) electrons. The van der Waals surface area contributed by atoms with Crippen molar-refractivity contribution in [2.75, 3.05) is 31.2 Å². The summed E-state index contributed by atoms with van der Waals surface area (Å²) in [6.45, 7) is 4.37. The Balaban J connectivity index is 1.65. The van der Waals surface area contributed by atoms with Crippen LogP contribution in [0.3, 0.4) is 0 Å². The predicted octanol–water partition coefficient (Wildman–Crippen LogP) is 4.21. The van der Waals surface area contributed by atoms with Crippen LogP contribution in [0.25, 0.3) is 6.08 Å². The van der Waals surface area contributed by atoms with Crippen molar-refractivity contribution in [3.8, 4) is 0 Å². The summed E-state index contributed by atoms with van der Waals surface area (Å²) < 4.78 is 19.6. The van der Waals surface area contributed by atoms with Crippen LogP contribution in [0.4, 0.5) is 10.1 Å². The Morgan fingerprint density at radius 3 is 2.63 bits per heavy atom. The lowest BCUT2D eigenvalue weighted by Crippen LogP contribution is -2.37. The molecule has 6 heteroatoms. The van der Waals surface area contributed by atoms with Crippen LogP contribution in [0.15, 0.2) is 48.5 Å². The molecule has 1 saturated heterocycles. The van der Waals surface area contributed by atoms with E-state index >= 15 is 0 Å². The van der Waals surface area contributed by atoms with Gasteiger partial charge in [-0.2, -0.15) is 0 Å². The van der Waals surface area contributed by atoms with Crippen molar-refractivity contribution in [3.63, 3.8) is 0 Å². The molecule has 3 rings (SSSR count). The van der Waals surface area contributed by atoms with Crippen LogP contribution in [0.1, 0.15) is 24.1 Å². The van der Waals surface area contributed by atoms with Crippen molar-refractivity contribution in [2.45, 2.75) is 13.0 Å². The topological polar surface area (TPSA) is 41.6 Å². The number of hydrogen-bond donors (Lipinski definition) is 1. The second-order valence-electron chi connectivity index (χ2n) is 6.43. The number of amides is 1. The Morgan fingerprint density at radius 1 is 1.22 bits per heavy atom. The Morgan fingerprint density at radius 2 is 1.93 bits per heavy atom. The molecule has 1 fully saturated rings. The van der Waals surface area contributed by atoms with Crippen molar-refractivity contribution in [1.29, 1.82) is 0 Å². The summed E-state index contributed by atoms with van der Waals surface area (Å²) in [6, 6.07) is 11.9. The number of ether oxygens (including phenoxy) is 1. The monoisotopic (exact) mass is 388 g/mol. The van der Waals surface area contributed by atoms with Crippen molar-refractivity contribution >= 4 is 29.3 Å². The van der Waals surface area contributed by atoms with E-state index in [9.17, 15) is 9.18 Å². The summed E-state index contributed by atoms with van der Waals surface area (Å²) in [7, 11) is 0. The van der Waals surface area contributed by atoms with Gasteiger partial charge in [0.2, 0.25) is 5.91 Å². The normalized spacial score (nSPS) is 15.7. The first-order valence-electron chi connectivity index (χ1n) is 8.89. The van der Waals surface area contributed by atoms with Crippen LogP contribution in [0, 0.1) is 5.82 Å². The highest BCUT2D eigenvalue weighted by molar-refractivity contribution is 6.30. The summed E-state index contributed by atoms with van der Waals surface area (Å²) in [5, 5.41) is 3.56. The van der Waals surface area contributed by atoms with Crippen molar-refractivity contribution < 1.29 is 13.9 Å². The largest absolute Gasteiger partial charge is 0.378 e. The van der Waals surface area contributed by atoms with Crippen LogP contribution >= 0.6 is 11.6 Å². The molecule has 1 N–H and O–H groups in total. The van der Waals surface area contributed by atoms with Crippen molar-refractivity contribution in [1.82, 2.24) is 5.32 Å². The summed E-state index contributed by atoms with van der Waals surface area (Å²) in [4.78, 5) is 14.2. The maximum absolute atomic E-state index is 14.2. The van der Waals surface area contributed by atoms with E-state index in [0.717, 1.165) is 11.1 Å². The molecule has 27 heavy (non-hydrogen) atoms. The van der Waals surface area contributed by atoms with Gasteiger partial charge in [-0.1, -0.05) is 29.8 Å². The third kappa shape index (κ3) is 5.31. The van der Waals surface area contributed by atoms with E-state index in [-0.39, 0.29) is 17.8 Å². The molecule has 0 spiro atoms. The molecule has 142 valence electrons. The fourth-order valence-electron chi connectivity index (χ4n) is 2.94. The number of carbonyl (C=O) groups is 1. The summed E-state index contributed by atoms with van der Waals surface area (Å²) in [6.07, 6.45) is 3.20. The number of halogens is 2. The van der Waals surface area contributed by atoms with Gasteiger partial charge in [0.15, 0.2) is 0 Å². The van der Waals surface area contributed by atoms with Gasteiger partial charge in [0, 0.05) is 24.2 Å². The first kappa shape index (κ1) is 19.4. The van der Waals surface area contributed by atoms with Gasteiger partial charge < -0.3 is 15.0 Å². The summed E-state index contributed by atoms with van der Waals surface area (Å²) in [5.41, 5.74) is 2.29. The number of nitrogens with one attached hydrogen (secondary N) is 1. The molecule has 0 aliphatic carbocycles. The number of hydrogen-bond acceptors (Lipinski definition) is 3. The molecule has 1 aliphatic heterocycles. The Kier molecular flexibility index (Phi) is 6.48. The summed E-state index contributed by atoms with van der Waals surface area (Å²) in [5.74, 6) is -0.475. The van der Waals surface area contributed by atoms with E-state index < -0.39 is 0 Å². The van der Waals surface area contributed by atoms with Crippen molar-refractivity contribution in [3.05, 3.63) is 70.5 Å². The molecule has 0 aromatic heterocycles. The lowest BCUT2D eigenvalue weighted by Gasteiger charge is -2.29. The molecule has 1 atom stereocenters.